The van der Waals surface area contributed by atoms with Crippen LogP contribution < -0.4 is 5.32 Å². The van der Waals surface area contributed by atoms with Gasteiger partial charge in [0.1, 0.15) is 0 Å². The first-order chi connectivity index (χ1) is 12.0. The van der Waals surface area contributed by atoms with E-state index in [9.17, 15) is 13.2 Å². The third kappa shape index (κ3) is 2.96. The summed E-state index contributed by atoms with van der Waals surface area (Å²) in [6, 6.07) is 14.1. The van der Waals surface area contributed by atoms with Crippen LogP contribution in [0.3, 0.4) is 0 Å². The molecule has 0 unspecified atom stereocenters. The molecular weight excluding hydrogens is 336 g/mol. The van der Waals surface area contributed by atoms with E-state index in [1.807, 2.05) is 31.2 Å². The van der Waals surface area contributed by atoms with E-state index in [0.717, 1.165) is 24.0 Å². The number of rotatable bonds is 4. The third-order valence-electron chi connectivity index (χ3n) is 4.88. The van der Waals surface area contributed by atoms with Gasteiger partial charge in [0.15, 0.2) is 0 Å². The van der Waals surface area contributed by atoms with Crippen LogP contribution in [-0.2, 0) is 16.6 Å². The minimum absolute atomic E-state index is 0.163. The van der Waals surface area contributed by atoms with E-state index >= 15 is 0 Å². The molecule has 1 aliphatic carbocycles. The number of amides is 1. The fourth-order valence-electron chi connectivity index (χ4n) is 3.27. The van der Waals surface area contributed by atoms with Gasteiger partial charge in [0.25, 0.3) is 5.91 Å². The lowest BCUT2D eigenvalue weighted by Crippen LogP contribution is -2.29. The second-order valence-corrected chi connectivity index (χ2v) is 8.59. The van der Waals surface area contributed by atoms with Crippen molar-refractivity contribution in [3.63, 3.8) is 0 Å². The van der Waals surface area contributed by atoms with Crippen LogP contribution in [-0.4, -0.2) is 24.7 Å². The summed E-state index contributed by atoms with van der Waals surface area (Å²) in [4.78, 5) is 12.4. The van der Waals surface area contributed by atoms with Gasteiger partial charge in [0.05, 0.1) is 4.90 Å². The van der Waals surface area contributed by atoms with Gasteiger partial charge in [-0.2, -0.15) is 4.31 Å². The Hall–Kier alpha value is -2.18. The molecule has 5 nitrogen and oxygen atoms in total. The van der Waals surface area contributed by atoms with Gasteiger partial charge in [0.2, 0.25) is 10.0 Å². The first kappa shape index (κ1) is 16.3. The number of fused-ring (bicyclic) bond motifs is 1. The molecule has 4 rings (SSSR count). The molecular formula is C19H20N2O3S. The van der Waals surface area contributed by atoms with Gasteiger partial charge in [-0.1, -0.05) is 30.3 Å². The fourth-order valence-corrected chi connectivity index (χ4v) is 4.90. The summed E-state index contributed by atoms with van der Waals surface area (Å²) in [7, 11) is -3.67. The molecule has 1 fully saturated rings. The molecule has 25 heavy (non-hydrogen) atoms. The van der Waals surface area contributed by atoms with Crippen LogP contribution in [0.15, 0.2) is 53.4 Å². The second kappa shape index (κ2) is 5.97. The molecule has 1 amide bonds. The molecule has 2 aromatic rings. The van der Waals surface area contributed by atoms with Crippen LogP contribution in [0.4, 0.5) is 0 Å². The molecule has 1 atom stereocenters. The maximum Gasteiger partial charge on any atom is 0.251 e. The van der Waals surface area contributed by atoms with Crippen molar-refractivity contribution in [3.8, 4) is 0 Å². The van der Waals surface area contributed by atoms with Gasteiger partial charge in [-0.3, -0.25) is 4.79 Å². The van der Waals surface area contributed by atoms with Crippen molar-refractivity contribution >= 4 is 15.9 Å². The van der Waals surface area contributed by atoms with Crippen molar-refractivity contribution in [1.29, 1.82) is 0 Å². The predicted molar refractivity (Wildman–Crippen MR) is 94.5 cm³/mol. The first-order valence-electron chi connectivity index (χ1n) is 8.47. The van der Waals surface area contributed by atoms with Crippen molar-refractivity contribution < 1.29 is 13.2 Å². The van der Waals surface area contributed by atoms with Crippen LogP contribution >= 0.6 is 0 Å². The fraction of sp³-hybridized carbons (Fsp3) is 0.316. The zero-order valence-corrected chi connectivity index (χ0v) is 14.8. The highest BCUT2D eigenvalue weighted by Gasteiger charge is 2.36. The van der Waals surface area contributed by atoms with E-state index in [1.54, 1.807) is 18.2 Å². The van der Waals surface area contributed by atoms with Gasteiger partial charge in [-0.15, -0.1) is 0 Å². The molecule has 0 radical (unpaired) electrons. The Morgan fingerprint density at radius 1 is 1.12 bits per heavy atom. The zero-order chi connectivity index (χ0) is 17.6. The molecule has 1 heterocycles. The normalized spacial score (nSPS) is 20.3. The van der Waals surface area contributed by atoms with Gasteiger partial charge in [0, 0.05) is 24.2 Å². The van der Waals surface area contributed by atoms with Crippen LogP contribution in [0, 0.1) is 0 Å². The molecule has 0 aromatic heterocycles. The molecule has 130 valence electrons. The van der Waals surface area contributed by atoms with Crippen LogP contribution in [0.5, 0.6) is 0 Å². The Morgan fingerprint density at radius 3 is 2.60 bits per heavy atom. The lowest BCUT2D eigenvalue weighted by molar-refractivity contribution is 0.0951. The zero-order valence-electron chi connectivity index (χ0n) is 14.0. The number of carbonyl (C=O) groups is 1. The Morgan fingerprint density at radius 2 is 1.88 bits per heavy atom. The second-order valence-electron chi connectivity index (χ2n) is 6.70. The predicted octanol–water partition coefficient (Wildman–Crippen LogP) is 2.84. The summed E-state index contributed by atoms with van der Waals surface area (Å²) < 4.78 is 27.7. The topological polar surface area (TPSA) is 66.5 Å². The molecule has 2 aromatic carbocycles. The number of benzene rings is 2. The standard InChI is InChI=1S/C19H20N2O3S/c1-13-18-8-3-2-5-15(18)12-21(13)25(23,24)17-7-4-6-14(11-17)19(22)20-16-9-10-16/h2-8,11,13,16H,9-10,12H2,1H3,(H,20,22)/t13-/m0/s1. The molecule has 1 saturated carbocycles. The van der Waals surface area contributed by atoms with E-state index < -0.39 is 10.0 Å². The van der Waals surface area contributed by atoms with E-state index in [-0.39, 0.29) is 22.9 Å². The van der Waals surface area contributed by atoms with Gasteiger partial charge < -0.3 is 5.32 Å². The van der Waals surface area contributed by atoms with Gasteiger partial charge in [-0.05, 0) is 49.1 Å². The molecule has 2 aliphatic rings. The van der Waals surface area contributed by atoms with Crippen molar-refractivity contribution in [2.45, 2.75) is 43.3 Å². The maximum absolute atomic E-state index is 13.1. The van der Waals surface area contributed by atoms with Crippen LogP contribution in [0.2, 0.25) is 0 Å². The highest BCUT2D eigenvalue weighted by atomic mass is 32.2. The summed E-state index contributed by atoms with van der Waals surface area (Å²) in [6.45, 7) is 2.26. The largest absolute Gasteiger partial charge is 0.349 e. The van der Waals surface area contributed by atoms with E-state index in [0.29, 0.717) is 12.1 Å². The van der Waals surface area contributed by atoms with Crippen LogP contribution in [0.1, 0.15) is 47.3 Å². The molecule has 1 N–H and O–H groups in total. The summed E-state index contributed by atoms with van der Waals surface area (Å²) in [5, 5.41) is 2.89. The highest BCUT2D eigenvalue weighted by molar-refractivity contribution is 7.89. The number of carbonyl (C=O) groups excluding carboxylic acids is 1. The number of hydrogen-bond donors (Lipinski definition) is 1. The summed E-state index contributed by atoms with van der Waals surface area (Å²) in [5.41, 5.74) is 2.45. The molecule has 0 spiro atoms. The summed E-state index contributed by atoms with van der Waals surface area (Å²) in [6.07, 6.45) is 1.99. The van der Waals surface area contributed by atoms with Crippen molar-refractivity contribution in [2.24, 2.45) is 0 Å². The monoisotopic (exact) mass is 356 g/mol. The van der Waals surface area contributed by atoms with Gasteiger partial charge >= 0.3 is 0 Å². The average molecular weight is 356 g/mol. The smallest absolute Gasteiger partial charge is 0.251 e. The van der Waals surface area contributed by atoms with E-state index in [1.165, 1.54) is 10.4 Å². The molecule has 6 heteroatoms. The third-order valence-corrected chi connectivity index (χ3v) is 6.79. The lowest BCUT2D eigenvalue weighted by atomic mass is 10.1. The number of sulfonamides is 1. The minimum atomic E-state index is -3.67. The SMILES string of the molecule is C[C@H]1c2ccccc2CN1S(=O)(=O)c1cccc(C(=O)NC2CC2)c1. The Balaban J connectivity index is 1.64. The van der Waals surface area contributed by atoms with Gasteiger partial charge in [-0.25, -0.2) is 8.42 Å². The quantitative estimate of drug-likeness (QED) is 0.916. The minimum Gasteiger partial charge on any atom is -0.349 e. The highest BCUT2D eigenvalue weighted by Crippen LogP contribution is 2.37. The lowest BCUT2D eigenvalue weighted by Gasteiger charge is -2.21. The average Bonchev–Trinajstić information content (AvgIpc) is 3.36. The number of hydrogen-bond acceptors (Lipinski definition) is 3. The molecule has 0 bridgehead atoms. The summed E-state index contributed by atoms with van der Waals surface area (Å²) >= 11 is 0. The first-order valence-corrected chi connectivity index (χ1v) is 9.91. The van der Waals surface area contributed by atoms with Crippen molar-refractivity contribution in [2.75, 3.05) is 0 Å². The molecule has 1 aliphatic heterocycles. The Labute approximate surface area is 147 Å². The number of nitrogens with zero attached hydrogens (tertiary/aromatic N) is 1. The maximum atomic E-state index is 13.1. The Kier molecular flexibility index (Phi) is 3.89. The van der Waals surface area contributed by atoms with Crippen molar-refractivity contribution in [3.05, 3.63) is 65.2 Å². The molecule has 0 saturated heterocycles. The summed E-state index contributed by atoms with van der Waals surface area (Å²) in [5.74, 6) is -0.211. The van der Waals surface area contributed by atoms with Crippen molar-refractivity contribution in [1.82, 2.24) is 9.62 Å². The van der Waals surface area contributed by atoms with E-state index in [4.69, 9.17) is 0 Å². The Bertz CT molecular complexity index is 935. The van der Waals surface area contributed by atoms with E-state index in [2.05, 4.69) is 5.32 Å². The van der Waals surface area contributed by atoms with Crippen LogP contribution in [0.25, 0.3) is 0 Å². The number of nitrogens with one attached hydrogen (secondary N) is 1.